The standard InChI is InChI=1S/C25H34N4O/c1-7-18(8-2)26-24-19-10-9-11-21(19)27-25-23(16(5)28-29(24)25)20-14-17(15(3)4)12-13-22(20)30-6/h12-15,18,26H,7-11H2,1-6H3. The third-order valence-electron chi connectivity index (χ3n) is 6.45. The van der Waals surface area contributed by atoms with Gasteiger partial charge in [-0.2, -0.15) is 9.61 Å². The molecular weight excluding hydrogens is 372 g/mol. The van der Waals surface area contributed by atoms with Gasteiger partial charge in [-0.25, -0.2) is 4.98 Å². The minimum absolute atomic E-state index is 0.437. The van der Waals surface area contributed by atoms with Gasteiger partial charge in [0.1, 0.15) is 11.6 Å². The maximum atomic E-state index is 5.75. The van der Waals surface area contributed by atoms with Crippen molar-refractivity contribution in [3.05, 3.63) is 40.7 Å². The monoisotopic (exact) mass is 406 g/mol. The number of nitrogens with zero attached hydrogens (tertiary/aromatic N) is 3. The molecule has 0 amide bonds. The summed E-state index contributed by atoms with van der Waals surface area (Å²) in [6, 6.07) is 6.91. The summed E-state index contributed by atoms with van der Waals surface area (Å²) in [6.07, 6.45) is 5.45. The van der Waals surface area contributed by atoms with Crippen LogP contribution < -0.4 is 10.1 Å². The number of hydrogen-bond donors (Lipinski definition) is 1. The van der Waals surface area contributed by atoms with E-state index >= 15 is 0 Å². The molecule has 5 heteroatoms. The second-order valence-electron chi connectivity index (χ2n) is 8.71. The topological polar surface area (TPSA) is 51.5 Å². The van der Waals surface area contributed by atoms with Crippen molar-refractivity contribution < 1.29 is 4.74 Å². The summed E-state index contributed by atoms with van der Waals surface area (Å²) in [5.41, 5.74) is 7.93. The number of aromatic nitrogens is 3. The van der Waals surface area contributed by atoms with Gasteiger partial charge in [0.25, 0.3) is 0 Å². The number of benzene rings is 1. The zero-order valence-corrected chi connectivity index (χ0v) is 19.2. The molecule has 2 heterocycles. The first-order valence-corrected chi connectivity index (χ1v) is 11.3. The van der Waals surface area contributed by atoms with Crippen molar-refractivity contribution in [2.75, 3.05) is 12.4 Å². The molecule has 0 spiro atoms. The molecule has 0 bridgehead atoms. The number of nitrogens with one attached hydrogen (secondary N) is 1. The number of aryl methyl sites for hydroxylation is 2. The van der Waals surface area contributed by atoms with Crippen molar-refractivity contribution in [2.45, 2.75) is 78.7 Å². The Balaban J connectivity index is 1.98. The van der Waals surface area contributed by atoms with Gasteiger partial charge in [-0.05, 0) is 62.6 Å². The van der Waals surface area contributed by atoms with Crippen LogP contribution in [0.15, 0.2) is 18.2 Å². The van der Waals surface area contributed by atoms with Crippen LogP contribution in [0.5, 0.6) is 5.75 Å². The van der Waals surface area contributed by atoms with E-state index in [2.05, 4.69) is 62.6 Å². The van der Waals surface area contributed by atoms with Gasteiger partial charge in [0, 0.05) is 22.9 Å². The second kappa shape index (κ2) is 8.29. The molecule has 0 saturated carbocycles. The predicted octanol–water partition coefficient (Wildman–Crippen LogP) is 5.93. The molecule has 0 saturated heterocycles. The molecule has 30 heavy (non-hydrogen) atoms. The van der Waals surface area contributed by atoms with Crippen LogP contribution >= 0.6 is 0 Å². The van der Waals surface area contributed by atoms with Gasteiger partial charge >= 0.3 is 0 Å². The lowest BCUT2D eigenvalue weighted by atomic mass is 9.96. The quantitative estimate of drug-likeness (QED) is 0.529. The number of ether oxygens (including phenoxy) is 1. The third-order valence-corrected chi connectivity index (χ3v) is 6.45. The van der Waals surface area contributed by atoms with E-state index in [1.807, 2.05) is 0 Å². The molecule has 5 nitrogen and oxygen atoms in total. The van der Waals surface area contributed by atoms with Crippen LogP contribution in [-0.4, -0.2) is 27.7 Å². The van der Waals surface area contributed by atoms with E-state index in [-0.39, 0.29) is 0 Å². The van der Waals surface area contributed by atoms with Crippen molar-refractivity contribution in [1.82, 2.24) is 14.6 Å². The molecular formula is C25H34N4O. The van der Waals surface area contributed by atoms with Crippen LogP contribution in [0.1, 0.15) is 75.4 Å². The number of fused-ring (bicyclic) bond motifs is 2. The molecule has 0 fully saturated rings. The minimum atomic E-state index is 0.437. The van der Waals surface area contributed by atoms with Crippen molar-refractivity contribution >= 4 is 11.5 Å². The van der Waals surface area contributed by atoms with Crippen LogP contribution in [0.3, 0.4) is 0 Å². The molecule has 4 rings (SSSR count). The average Bonchev–Trinajstić information content (AvgIpc) is 3.34. The van der Waals surface area contributed by atoms with E-state index in [4.69, 9.17) is 14.8 Å². The van der Waals surface area contributed by atoms with E-state index in [9.17, 15) is 0 Å². The average molecular weight is 407 g/mol. The van der Waals surface area contributed by atoms with Crippen LogP contribution in [0.2, 0.25) is 0 Å². The highest BCUT2D eigenvalue weighted by Gasteiger charge is 2.26. The molecule has 0 atom stereocenters. The normalized spacial score (nSPS) is 13.5. The lowest BCUT2D eigenvalue weighted by Gasteiger charge is -2.20. The molecule has 0 aliphatic heterocycles. The Bertz CT molecular complexity index is 1060. The van der Waals surface area contributed by atoms with Crippen molar-refractivity contribution in [1.29, 1.82) is 0 Å². The summed E-state index contributed by atoms with van der Waals surface area (Å²) in [6.45, 7) is 11.0. The van der Waals surface area contributed by atoms with Crippen molar-refractivity contribution in [3.8, 4) is 16.9 Å². The second-order valence-corrected chi connectivity index (χ2v) is 8.71. The lowest BCUT2D eigenvalue weighted by Crippen LogP contribution is -2.21. The summed E-state index contributed by atoms with van der Waals surface area (Å²) in [5, 5.41) is 8.78. The third kappa shape index (κ3) is 3.44. The van der Waals surface area contributed by atoms with Crippen LogP contribution in [0.4, 0.5) is 5.82 Å². The number of methoxy groups -OCH3 is 1. The summed E-state index contributed by atoms with van der Waals surface area (Å²) in [4.78, 5) is 5.13. The summed E-state index contributed by atoms with van der Waals surface area (Å²) in [7, 11) is 1.74. The van der Waals surface area contributed by atoms with Gasteiger partial charge in [0.15, 0.2) is 5.65 Å². The Hall–Kier alpha value is -2.56. The van der Waals surface area contributed by atoms with Gasteiger partial charge in [0.05, 0.1) is 18.4 Å². The SMILES string of the molecule is CCC(CC)Nc1c2c(nc3c(-c4cc(C(C)C)ccc4OC)c(C)nn13)CCC2. The first-order chi connectivity index (χ1) is 14.5. The van der Waals surface area contributed by atoms with E-state index in [1.165, 1.54) is 16.8 Å². The van der Waals surface area contributed by atoms with E-state index in [1.54, 1.807) is 7.11 Å². The van der Waals surface area contributed by atoms with Gasteiger partial charge in [-0.3, -0.25) is 0 Å². The lowest BCUT2D eigenvalue weighted by molar-refractivity contribution is 0.416. The fraction of sp³-hybridized carbons (Fsp3) is 0.520. The first-order valence-electron chi connectivity index (χ1n) is 11.3. The van der Waals surface area contributed by atoms with Crippen LogP contribution in [0, 0.1) is 6.92 Å². The zero-order valence-electron chi connectivity index (χ0n) is 19.2. The summed E-state index contributed by atoms with van der Waals surface area (Å²) < 4.78 is 7.80. The minimum Gasteiger partial charge on any atom is -0.496 e. The fourth-order valence-corrected chi connectivity index (χ4v) is 4.57. The molecule has 0 unspecified atom stereocenters. The molecule has 160 valence electrons. The Kier molecular flexibility index (Phi) is 5.72. The Morgan fingerprint density at radius 3 is 2.60 bits per heavy atom. The number of rotatable bonds is 7. The maximum absolute atomic E-state index is 5.75. The summed E-state index contributed by atoms with van der Waals surface area (Å²) >= 11 is 0. The molecule has 1 aliphatic rings. The molecule has 3 aromatic rings. The highest BCUT2D eigenvalue weighted by atomic mass is 16.5. The highest BCUT2D eigenvalue weighted by Crippen LogP contribution is 2.39. The van der Waals surface area contributed by atoms with Crippen molar-refractivity contribution in [2.24, 2.45) is 0 Å². The number of anilines is 1. The Morgan fingerprint density at radius 1 is 1.17 bits per heavy atom. The first kappa shape index (κ1) is 20.7. The fourth-order valence-electron chi connectivity index (χ4n) is 4.57. The predicted molar refractivity (Wildman–Crippen MR) is 124 cm³/mol. The van der Waals surface area contributed by atoms with Gasteiger partial charge in [-0.15, -0.1) is 0 Å². The maximum Gasteiger partial charge on any atom is 0.165 e. The van der Waals surface area contributed by atoms with E-state index < -0.39 is 0 Å². The van der Waals surface area contributed by atoms with Crippen LogP contribution in [-0.2, 0) is 12.8 Å². The zero-order chi connectivity index (χ0) is 21.4. The van der Waals surface area contributed by atoms with Gasteiger partial charge in [-0.1, -0.05) is 33.8 Å². The van der Waals surface area contributed by atoms with Crippen molar-refractivity contribution in [3.63, 3.8) is 0 Å². The molecule has 2 aromatic heterocycles. The smallest absolute Gasteiger partial charge is 0.165 e. The summed E-state index contributed by atoms with van der Waals surface area (Å²) in [5.74, 6) is 2.45. The molecule has 1 N–H and O–H groups in total. The van der Waals surface area contributed by atoms with Gasteiger partial charge < -0.3 is 10.1 Å². The van der Waals surface area contributed by atoms with Crippen LogP contribution in [0.25, 0.3) is 16.8 Å². The van der Waals surface area contributed by atoms with Gasteiger partial charge in [0.2, 0.25) is 0 Å². The van der Waals surface area contributed by atoms with E-state index in [0.717, 1.165) is 66.1 Å². The molecule has 0 radical (unpaired) electrons. The molecule has 1 aromatic carbocycles. The Morgan fingerprint density at radius 2 is 1.93 bits per heavy atom. The highest BCUT2D eigenvalue weighted by molar-refractivity contribution is 5.85. The van der Waals surface area contributed by atoms with E-state index in [0.29, 0.717) is 12.0 Å². The Labute approximate surface area is 179 Å². The molecule has 1 aliphatic carbocycles. The largest absolute Gasteiger partial charge is 0.496 e. The number of hydrogen-bond acceptors (Lipinski definition) is 4.